The normalized spacial score (nSPS) is 15.1. The molecule has 0 unspecified atom stereocenters. The van der Waals surface area contributed by atoms with E-state index in [1.807, 2.05) is 4.90 Å². The van der Waals surface area contributed by atoms with Crippen LogP contribution in [0.1, 0.15) is 21.7 Å². The Kier molecular flexibility index (Phi) is 5.73. The molecule has 26 heavy (non-hydrogen) atoms. The van der Waals surface area contributed by atoms with Gasteiger partial charge in [-0.3, -0.25) is 14.5 Å². The Labute approximate surface area is 154 Å². The third-order valence-corrected chi connectivity index (χ3v) is 4.83. The summed E-state index contributed by atoms with van der Waals surface area (Å²) in [6.07, 6.45) is 1.45. The lowest BCUT2D eigenvalue weighted by molar-refractivity contribution is -0.133. The highest BCUT2D eigenvalue weighted by Crippen LogP contribution is 2.13. The van der Waals surface area contributed by atoms with Gasteiger partial charge in [0.1, 0.15) is 0 Å². The van der Waals surface area contributed by atoms with E-state index in [-0.39, 0.29) is 24.1 Å². The van der Waals surface area contributed by atoms with Crippen molar-refractivity contribution in [2.75, 3.05) is 39.8 Å². The van der Waals surface area contributed by atoms with Gasteiger partial charge < -0.3 is 14.2 Å². The van der Waals surface area contributed by atoms with Crippen LogP contribution in [0.25, 0.3) is 0 Å². The van der Waals surface area contributed by atoms with E-state index < -0.39 is 0 Å². The smallest absolute Gasteiger partial charge is 0.289 e. The van der Waals surface area contributed by atoms with E-state index in [1.54, 1.807) is 19.2 Å². The number of carbonyl (C=O) groups excluding carboxylic acids is 2. The number of carbonyl (C=O) groups is 2. The average molecular weight is 355 g/mol. The summed E-state index contributed by atoms with van der Waals surface area (Å²) in [5.74, 6) is -0.0483. The van der Waals surface area contributed by atoms with Gasteiger partial charge in [-0.1, -0.05) is 24.3 Å². The zero-order valence-electron chi connectivity index (χ0n) is 15.4. The molecular weight excluding hydrogens is 330 g/mol. The third kappa shape index (κ3) is 4.32. The van der Waals surface area contributed by atoms with Crippen LogP contribution >= 0.6 is 0 Å². The molecule has 0 spiro atoms. The van der Waals surface area contributed by atoms with E-state index in [0.29, 0.717) is 13.1 Å². The molecular formula is C20H25N3O3. The molecule has 1 aromatic heterocycles. The number of furan rings is 1. The maximum Gasteiger partial charge on any atom is 0.289 e. The number of amides is 2. The first-order chi connectivity index (χ1) is 12.5. The summed E-state index contributed by atoms with van der Waals surface area (Å²) in [6, 6.07) is 11.7. The van der Waals surface area contributed by atoms with E-state index in [4.69, 9.17) is 4.42 Å². The van der Waals surface area contributed by atoms with Crippen LogP contribution in [-0.4, -0.2) is 66.3 Å². The first kappa shape index (κ1) is 18.2. The standard InChI is InChI=1S/C20H25N3O3/c1-16-6-3-4-7-17(16)14-22-9-11-23(12-10-22)19(24)15-21(2)20(25)18-8-5-13-26-18/h3-8,13H,9-12,14-15H2,1-2H3. The van der Waals surface area contributed by atoms with Gasteiger partial charge in [-0.15, -0.1) is 0 Å². The minimum Gasteiger partial charge on any atom is -0.459 e. The molecule has 3 rings (SSSR count). The Morgan fingerprint density at radius 3 is 2.46 bits per heavy atom. The molecule has 2 aromatic rings. The summed E-state index contributed by atoms with van der Waals surface area (Å²) in [4.78, 5) is 30.3. The maximum absolute atomic E-state index is 12.5. The lowest BCUT2D eigenvalue weighted by atomic mass is 10.1. The molecule has 138 valence electrons. The number of rotatable bonds is 5. The Hall–Kier alpha value is -2.60. The van der Waals surface area contributed by atoms with Crippen molar-refractivity contribution in [3.8, 4) is 0 Å². The fraction of sp³-hybridized carbons (Fsp3) is 0.400. The second-order valence-electron chi connectivity index (χ2n) is 6.72. The Balaban J connectivity index is 1.47. The van der Waals surface area contributed by atoms with Crippen molar-refractivity contribution >= 4 is 11.8 Å². The van der Waals surface area contributed by atoms with Gasteiger partial charge in [-0.25, -0.2) is 0 Å². The van der Waals surface area contributed by atoms with Crippen LogP contribution < -0.4 is 0 Å². The minimum absolute atomic E-state index is 0.0250. The second-order valence-corrected chi connectivity index (χ2v) is 6.72. The minimum atomic E-state index is -0.276. The van der Waals surface area contributed by atoms with E-state index in [2.05, 4.69) is 36.1 Å². The molecule has 1 saturated heterocycles. The molecule has 6 nitrogen and oxygen atoms in total. The summed E-state index contributed by atoms with van der Waals surface area (Å²) in [5, 5.41) is 0. The summed E-state index contributed by atoms with van der Waals surface area (Å²) in [5.41, 5.74) is 2.63. The first-order valence-electron chi connectivity index (χ1n) is 8.88. The van der Waals surface area contributed by atoms with Crippen LogP contribution in [0.5, 0.6) is 0 Å². The molecule has 1 fully saturated rings. The number of hydrogen-bond donors (Lipinski definition) is 0. The second kappa shape index (κ2) is 8.19. The monoisotopic (exact) mass is 355 g/mol. The van der Waals surface area contributed by atoms with Crippen LogP contribution in [0.2, 0.25) is 0 Å². The molecule has 1 aliphatic heterocycles. The molecule has 1 aromatic carbocycles. The fourth-order valence-electron chi connectivity index (χ4n) is 3.15. The lowest BCUT2D eigenvalue weighted by Crippen LogP contribution is -2.51. The van der Waals surface area contributed by atoms with Crippen molar-refractivity contribution in [2.45, 2.75) is 13.5 Å². The molecule has 0 bridgehead atoms. The van der Waals surface area contributed by atoms with Crippen LogP contribution in [0.15, 0.2) is 47.1 Å². The predicted octanol–water partition coefficient (Wildman–Crippen LogP) is 2.00. The Morgan fingerprint density at radius 1 is 1.08 bits per heavy atom. The highest BCUT2D eigenvalue weighted by molar-refractivity contribution is 5.94. The summed E-state index contributed by atoms with van der Waals surface area (Å²) >= 11 is 0. The number of aryl methyl sites for hydroxylation is 1. The van der Waals surface area contributed by atoms with Gasteiger partial charge in [0.25, 0.3) is 5.91 Å². The van der Waals surface area contributed by atoms with Crippen molar-refractivity contribution in [2.24, 2.45) is 0 Å². The van der Waals surface area contributed by atoms with E-state index in [1.165, 1.54) is 22.3 Å². The lowest BCUT2D eigenvalue weighted by Gasteiger charge is -2.35. The molecule has 0 atom stereocenters. The quantitative estimate of drug-likeness (QED) is 0.823. The van der Waals surface area contributed by atoms with Crippen LogP contribution in [0, 0.1) is 6.92 Å². The zero-order valence-corrected chi connectivity index (χ0v) is 15.4. The van der Waals surface area contributed by atoms with Crippen LogP contribution in [0.4, 0.5) is 0 Å². The first-order valence-corrected chi connectivity index (χ1v) is 8.88. The van der Waals surface area contributed by atoms with Crippen molar-refractivity contribution in [3.63, 3.8) is 0 Å². The molecule has 0 N–H and O–H groups in total. The fourth-order valence-corrected chi connectivity index (χ4v) is 3.15. The van der Waals surface area contributed by atoms with Gasteiger partial charge in [0.05, 0.1) is 12.8 Å². The van der Waals surface area contributed by atoms with E-state index >= 15 is 0 Å². The molecule has 0 aliphatic carbocycles. The van der Waals surface area contributed by atoms with Crippen molar-refractivity contribution in [1.29, 1.82) is 0 Å². The Morgan fingerprint density at radius 2 is 1.81 bits per heavy atom. The Bertz CT molecular complexity index is 749. The topological polar surface area (TPSA) is 57.0 Å². The zero-order chi connectivity index (χ0) is 18.5. The van der Waals surface area contributed by atoms with Gasteiger partial charge in [0.2, 0.25) is 5.91 Å². The number of likely N-dealkylation sites (N-methyl/N-ethyl adjacent to an activating group) is 1. The molecule has 1 aliphatic rings. The molecule has 0 saturated carbocycles. The van der Waals surface area contributed by atoms with Gasteiger partial charge in [-0.05, 0) is 30.2 Å². The van der Waals surface area contributed by atoms with Crippen LogP contribution in [0.3, 0.4) is 0 Å². The van der Waals surface area contributed by atoms with Crippen molar-refractivity contribution in [1.82, 2.24) is 14.7 Å². The maximum atomic E-state index is 12.5. The van der Waals surface area contributed by atoms with Gasteiger partial charge in [0.15, 0.2) is 5.76 Å². The highest BCUT2D eigenvalue weighted by atomic mass is 16.3. The molecule has 2 amide bonds. The van der Waals surface area contributed by atoms with Crippen LogP contribution in [-0.2, 0) is 11.3 Å². The van der Waals surface area contributed by atoms with Gasteiger partial charge >= 0.3 is 0 Å². The van der Waals surface area contributed by atoms with E-state index in [9.17, 15) is 9.59 Å². The van der Waals surface area contributed by atoms with Gasteiger partial charge in [-0.2, -0.15) is 0 Å². The highest BCUT2D eigenvalue weighted by Gasteiger charge is 2.24. The molecule has 0 radical (unpaired) electrons. The van der Waals surface area contributed by atoms with E-state index in [0.717, 1.165) is 19.6 Å². The SMILES string of the molecule is Cc1ccccc1CN1CCN(C(=O)CN(C)C(=O)c2ccco2)CC1. The molecule has 6 heteroatoms. The molecule has 2 heterocycles. The average Bonchev–Trinajstić information content (AvgIpc) is 3.18. The van der Waals surface area contributed by atoms with Crippen molar-refractivity contribution in [3.05, 3.63) is 59.5 Å². The number of benzene rings is 1. The summed E-state index contributed by atoms with van der Waals surface area (Å²) < 4.78 is 5.10. The van der Waals surface area contributed by atoms with Crippen molar-refractivity contribution < 1.29 is 14.0 Å². The largest absolute Gasteiger partial charge is 0.459 e. The number of hydrogen-bond acceptors (Lipinski definition) is 4. The third-order valence-electron chi connectivity index (χ3n) is 4.83. The number of piperazine rings is 1. The predicted molar refractivity (Wildman–Crippen MR) is 98.7 cm³/mol. The summed E-state index contributed by atoms with van der Waals surface area (Å²) in [6.45, 7) is 6.16. The summed E-state index contributed by atoms with van der Waals surface area (Å²) in [7, 11) is 1.62. The van der Waals surface area contributed by atoms with Gasteiger partial charge in [0, 0.05) is 39.8 Å². The number of nitrogens with zero attached hydrogens (tertiary/aromatic N) is 3.